The molecule has 0 amide bonds. The Bertz CT molecular complexity index is 534. The van der Waals surface area contributed by atoms with Gasteiger partial charge in [0.1, 0.15) is 11.6 Å². The van der Waals surface area contributed by atoms with E-state index < -0.39 is 0 Å². The highest BCUT2D eigenvalue weighted by atomic mass is 19.1. The molecule has 0 aliphatic carbocycles. The number of halogens is 1. The number of nitrogens with zero attached hydrogens (tertiary/aromatic N) is 2. The second-order valence-electron chi connectivity index (χ2n) is 4.01. The van der Waals surface area contributed by atoms with Crippen LogP contribution in [0.1, 0.15) is 11.5 Å². The van der Waals surface area contributed by atoms with Crippen LogP contribution in [-0.2, 0) is 13.5 Å². The molecule has 0 saturated heterocycles. The summed E-state index contributed by atoms with van der Waals surface area (Å²) in [6.45, 7) is 2.00. The lowest BCUT2D eigenvalue weighted by Gasteiger charge is -2.01. The highest BCUT2D eigenvalue weighted by Crippen LogP contribution is 2.23. The molecule has 0 unspecified atom stereocenters. The van der Waals surface area contributed by atoms with Gasteiger partial charge >= 0.3 is 0 Å². The van der Waals surface area contributed by atoms with Gasteiger partial charge in [0, 0.05) is 24.7 Å². The Labute approximate surface area is 99.5 Å². The van der Waals surface area contributed by atoms with Gasteiger partial charge in [0.05, 0.1) is 12.3 Å². The summed E-state index contributed by atoms with van der Waals surface area (Å²) in [4.78, 5) is 4.45. The predicted molar refractivity (Wildman–Crippen MR) is 64.1 cm³/mol. The lowest BCUT2D eigenvalue weighted by molar-refractivity contribution is 0.295. The maximum atomic E-state index is 13.2. The van der Waals surface area contributed by atoms with Crippen LogP contribution in [0.5, 0.6) is 0 Å². The van der Waals surface area contributed by atoms with Crippen molar-refractivity contribution in [2.75, 3.05) is 6.61 Å². The smallest absolute Gasteiger partial charge is 0.123 e. The van der Waals surface area contributed by atoms with E-state index in [4.69, 9.17) is 5.11 Å². The van der Waals surface area contributed by atoms with Crippen LogP contribution in [0.3, 0.4) is 0 Å². The zero-order valence-corrected chi connectivity index (χ0v) is 9.94. The molecule has 4 heteroatoms. The first-order valence-corrected chi connectivity index (χ1v) is 5.52. The van der Waals surface area contributed by atoms with E-state index in [1.54, 1.807) is 6.07 Å². The highest BCUT2D eigenvalue weighted by molar-refractivity contribution is 5.62. The van der Waals surface area contributed by atoms with E-state index in [1.165, 1.54) is 12.1 Å². The van der Waals surface area contributed by atoms with Crippen molar-refractivity contribution in [2.45, 2.75) is 13.3 Å². The summed E-state index contributed by atoms with van der Waals surface area (Å²) < 4.78 is 15.1. The number of aromatic nitrogens is 2. The number of hydrogen-bond acceptors (Lipinski definition) is 2. The zero-order valence-electron chi connectivity index (χ0n) is 9.94. The molecule has 0 saturated carbocycles. The van der Waals surface area contributed by atoms with Crippen LogP contribution in [0, 0.1) is 12.7 Å². The normalized spacial score (nSPS) is 10.8. The van der Waals surface area contributed by atoms with Crippen LogP contribution in [0.2, 0.25) is 0 Å². The van der Waals surface area contributed by atoms with Crippen molar-refractivity contribution in [1.29, 1.82) is 0 Å². The monoisotopic (exact) mass is 234 g/mol. The third-order valence-corrected chi connectivity index (χ3v) is 2.91. The Morgan fingerprint density at radius 3 is 2.82 bits per heavy atom. The molecule has 0 fully saturated rings. The van der Waals surface area contributed by atoms with Gasteiger partial charge in [-0.3, -0.25) is 0 Å². The molecule has 0 bridgehead atoms. The first-order chi connectivity index (χ1) is 8.13. The minimum absolute atomic E-state index is 0.0624. The molecule has 1 heterocycles. The van der Waals surface area contributed by atoms with Crippen LogP contribution in [0.4, 0.5) is 4.39 Å². The van der Waals surface area contributed by atoms with Gasteiger partial charge in [-0.15, -0.1) is 0 Å². The Balaban J connectivity index is 2.49. The molecule has 3 nitrogen and oxygen atoms in total. The van der Waals surface area contributed by atoms with Gasteiger partial charge in [-0.1, -0.05) is 12.1 Å². The van der Waals surface area contributed by atoms with Gasteiger partial charge in [0.2, 0.25) is 0 Å². The van der Waals surface area contributed by atoms with E-state index in [0.29, 0.717) is 6.42 Å². The molecule has 2 aromatic rings. The van der Waals surface area contributed by atoms with Crippen molar-refractivity contribution in [2.24, 2.45) is 7.05 Å². The Morgan fingerprint density at radius 2 is 2.18 bits per heavy atom. The summed E-state index contributed by atoms with van der Waals surface area (Å²) in [5.41, 5.74) is 2.51. The van der Waals surface area contributed by atoms with Crippen LogP contribution >= 0.6 is 0 Å². The van der Waals surface area contributed by atoms with E-state index >= 15 is 0 Å². The molecule has 0 radical (unpaired) electrons. The summed E-state index contributed by atoms with van der Waals surface area (Å²) in [7, 11) is 1.90. The fourth-order valence-corrected chi connectivity index (χ4v) is 1.87. The lowest BCUT2D eigenvalue weighted by atomic mass is 10.1. The summed E-state index contributed by atoms with van der Waals surface area (Å²) in [5, 5.41) is 8.95. The van der Waals surface area contributed by atoms with E-state index in [9.17, 15) is 4.39 Å². The quantitative estimate of drug-likeness (QED) is 0.882. The minimum atomic E-state index is -0.267. The van der Waals surface area contributed by atoms with Gasteiger partial charge in [-0.25, -0.2) is 9.37 Å². The molecule has 1 N–H and O–H groups in total. The number of aliphatic hydroxyl groups is 1. The predicted octanol–water partition coefficient (Wildman–Crippen LogP) is 2.07. The fraction of sp³-hybridized carbons (Fsp3) is 0.308. The van der Waals surface area contributed by atoms with E-state index in [-0.39, 0.29) is 12.4 Å². The zero-order chi connectivity index (χ0) is 12.4. The Hall–Kier alpha value is -1.68. The van der Waals surface area contributed by atoms with Crippen molar-refractivity contribution in [3.8, 4) is 11.3 Å². The molecule has 1 aromatic heterocycles. The summed E-state index contributed by atoms with van der Waals surface area (Å²) in [6.07, 6.45) is 0.507. The molecule has 0 aliphatic rings. The fourth-order valence-electron chi connectivity index (χ4n) is 1.87. The van der Waals surface area contributed by atoms with Crippen molar-refractivity contribution < 1.29 is 9.50 Å². The minimum Gasteiger partial charge on any atom is -0.396 e. The highest BCUT2D eigenvalue weighted by Gasteiger charge is 2.12. The molecule has 17 heavy (non-hydrogen) atoms. The molecule has 0 aliphatic heterocycles. The third-order valence-electron chi connectivity index (χ3n) is 2.91. The van der Waals surface area contributed by atoms with E-state index in [1.807, 2.05) is 24.6 Å². The Kier molecular flexibility index (Phi) is 3.24. The van der Waals surface area contributed by atoms with E-state index in [2.05, 4.69) is 4.98 Å². The van der Waals surface area contributed by atoms with Gasteiger partial charge in [0.25, 0.3) is 0 Å². The van der Waals surface area contributed by atoms with Crippen molar-refractivity contribution >= 4 is 0 Å². The average molecular weight is 234 g/mol. The molecular formula is C13H15FN2O. The van der Waals surface area contributed by atoms with Crippen LogP contribution < -0.4 is 0 Å². The summed E-state index contributed by atoms with van der Waals surface area (Å²) in [5.74, 6) is 0.542. The van der Waals surface area contributed by atoms with Crippen molar-refractivity contribution in [3.63, 3.8) is 0 Å². The number of hydrogen-bond donors (Lipinski definition) is 1. The first-order valence-electron chi connectivity index (χ1n) is 5.52. The van der Waals surface area contributed by atoms with Gasteiger partial charge in [0.15, 0.2) is 0 Å². The topological polar surface area (TPSA) is 38.1 Å². The number of rotatable bonds is 3. The third kappa shape index (κ3) is 2.22. The first kappa shape index (κ1) is 11.8. The molecule has 0 spiro atoms. The molecule has 2 rings (SSSR count). The largest absolute Gasteiger partial charge is 0.396 e. The van der Waals surface area contributed by atoms with E-state index in [0.717, 1.165) is 22.8 Å². The lowest BCUT2D eigenvalue weighted by Crippen LogP contribution is -2.01. The molecule has 1 aromatic carbocycles. The second kappa shape index (κ2) is 4.67. The van der Waals surface area contributed by atoms with Crippen molar-refractivity contribution in [1.82, 2.24) is 9.55 Å². The van der Waals surface area contributed by atoms with Crippen LogP contribution in [-0.4, -0.2) is 21.3 Å². The summed E-state index contributed by atoms with van der Waals surface area (Å²) in [6, 6.07) is 6.39. The van der Waals surface area contributed by atoms with Gasteiger partial charge in [-0.2, -0.15) is 0 Å². The number of aliphatic hydroxyl groups excluding tert-OH is 1. The maximum absolute atomic E-state index is 13.2. The Morgan fingerprint density at radius 1 is 1.41 bits per heavy atom. The molecule has 0 atom stereocenters. The maximum Gasteiger partial charge on any atom is 0.123 e. The summed E-state index contributed by atoms with van der Waals surface area (Å²) >= 11 is 0. The van der Waals surface area contributed by atoms with Crippen LogP contribution in [0.15, 0.2) is 24.3 Å². The van der Waals surface area contributed by atoms with Gasteiger partial charge < -0.3 is 9.67 Å². The number of benzene rings is 1. The van der Waals surface area contributed by atoms with Crippen LogP contribution in [0.25, 0.3) is 11.3 Å². The standard InChI is InChI=1S/C13H15FN2O/c1-9-13(10-4-3-5-11(14)8-10)15-12(6-7-17)16(9)2/h3-5,8,17H,6-7H2,1-2H3. The SMILES string of the molecule is Cc1c(-c2cccc(F)c2)nc(CCO)n1C. The molecular weight excluding hydrogens is 219 g/mol. The molecule has 90 valence electrons. The average Bonchev–Trinajstić information content (AvgIpc) is 2.58. The number of imidazole rings is 1. The van der Waals surface area contributed by atoms with Gasteiger partial charge in [-0.05, 0) is 19.1 Å². The van der Waals surface area contributed by atoms with Crippen molar-refractivity contribution in [3.05, 3.63) is 41.6 Å². The second-order valence-corrected chi connectivity index (χ2v) is 4.01.